The predicted molar refractivity (Wildman–Crippen MR) is 77.6 cm³/mol. The number of amides is 2. The van der Waals surface area contributed by atoms with Crippen LogP contribution < -0.4 is 10.6 Å². The summed E-state index contributed by atoms with van der Waals surface area (Å²) in [6.07, 6.45) is 3.28. The zero-order chi connectivity index (χ0) is 15.4. The second-order valence-corrected chi connectivity index (χ2v) is 5.08. The summed E-state index contributed by atoms with van der Waals surface area (Å²) in [6, 6.07) is 0.0457. The number of carbonyl (C=O) groups is 2. The molecule has 6 nitrogen and oxygen atoms in total. The van der Waals surface area contributed by atoms with Gasteiger partial charge in [0.05, 0.1) is 0 Å². The number of carbonyl (C=O) groups excluding carboxylic acids is 2. The third kappa shape index (κ3) is 12.7. The molecule has 0 aromatic carbocycles. The van der Waals surface area contributed by atoms with Crippen molar-refractivity contribution < 1.29 is 19.1 Å². The molecule has 0 aliphatic heterocycles. The molecule has 6 heteroatoms. The molecule has 0 aromatic heterocycles. The molecule has 2 N–H and O–H groups in total. The van der Waals surface area contributed by atoms with Gasteiger partial charge in [0.25, 0.3) is 0 Å². The van der Waals surface area contributed by atoms with E-state index in [0.717, 1.165) is 6.42 Å². The van der Waals surface area contributed by atoms with Crippen LogP contribution in [0.2, 0.25) is 0 Å². The molecule has 0 saturated carbocycles. The molecule has 0 radical (unpaired) electrons. The van der Waals surface area contributed by atoms with Gasteiger partial charge in [0.15, 0.2) is 0 Å². The summed E-state index contributed by atoms with van der Waals surface area (Å²) in [6.45, 7) is 8.79. The molecule has 0 aromatic rings. The summed E-state index contributed by atoms with van der Waals surface area (Å²) in [5.74, 6) is 0.546. The monoisotopic (exact) mass is 286 g/mol. The quantitative estimate of drug-likeness (QED) is 0.672. The Morgan fingerprint density at radius 1 is 1.00 bits per heavy atom. The van der Waals surface area contributed by atoms with Gasteiger partial charge in [0.1, 0.15) is 13.2 Å². The third-order valence-corrected chi connectivity index (χ3v) is 2.19. The van der Waals surface area contributed by atoms with Crippen LogP contribution in [0, 0.1) is 5.92 Å². The van der Waals surface area contributed by atoms with Crippen LogP contribution in [-0.4, -0.2) is 38.0 Å². The second kappa shape index (κ2) is 11.1. The van der Waals surface area contributed by atoms with Crippen LogP contribution in [-0.2, 0) is 9.47 Å². The molecule has 0 fully saturated rings. The molecule has 0 bridgehead atoms. The highest BCUT2D eigenvalue weighted by atomic mass is 16.6. The van der Waals surface area contributed by atoms with Crippen molar-refractivity contribution in [2.24, 2.45) is 5.92 Å². The number of hydrogen-bond acceptors (Lipinski definition) is 4. The van der Waals surface area contributed by atoms with Crippen LogP contribution in [0.15, 0.2) is 12.2 Å². The van der Waals surface area contributed by atoms with Crippen molar-refractivity contribution in [3.8, 4) is 0 Å². The minimum absolute atomic E-state index is 0.0457. The maximum absolute atomic E-state index is 11.2. The molecular weight excluding hydrogens is 260 g/mol. The zero-order valence-electron chi connectivity index (χ0n) is 12.8. The molecule has 2 amide bonds. The van der Waals surface area contributed by atoms with Crippen LogP contribution >= 0.6 is 0 Å². The number of rotatable bonds is 8. The maximum Gasteiger partial charge on any atom is 0.407 e. The van der Waals surface area contributed by atoms with Crippen molar-refractivity contribution >= 4 is 12.2 Å². The fourth-order valence-corrected chi connectivity index (χ4v) is 1.17. The van der Waals surface area contributed by atoms with Crippen molar-refractivity contribution in [3.63, 3.8) is 0 Å². The predicted octanol–water partition coefficient (Wildman–Crippen LogP) is 2.45. The first-order valence-corrected chi connectivity index (χ1v) is 6.90. The fraction of sp³-hybridized carbons (Fsp3) is 0.714. The van der Waals surface area contributed by atoms with Crippen molar-refractivity contribution in [2.75, 3.05) is 19.8 Å². The summed E-state index contributed by atoms with van der Waals surface area (Å²) in [7, 11) is 0. The smallest absolute Gasteiger partial charge is 0.407 e. The SMILES string of the molecule is CC(C)CCNC(=O)OC/C=C/COC(=O)NC(C)C. The fourth-order valence-electron chi connectivity index (χ4n) is 1.17. The molecule has 0 rings (SSSR count). The van der Waals surface area contributed by atoms with Gasteiger partial charge < -0.3 is 20.1 Å². The standard InChI is InChI=1S/C14H26N2O4/c1-11(2)7-8-15-13(17)19-9-5-6-10-20-14(18)16-12(3)4/h5-6,11-12H,7-10H2,1-4H3,(H,15,17)(H,16,18)/b6-5+. The van der Waals surface area contributed by atoms with Gasteiger partial charge in [0.2, 0.25) is 0 Å². The van der Waals surface area contributed by atoms with Crippen LogP contribution in [0.5, 0.6) is 0 Å². The van der Waals surface area contributed by atoms with E-state index in [4.69, 9.17) is 9.47 Å². The lowest BCUT2D eigenvalue weighted by atomic mass is 10.1. The number of ether oxygens (including phenoxy) is 2. The van der Waals surface area contributed by atoms with E-state index in [0.29, 0.717) is 12.5 Å². The zero-order valence-corrected chi connectivity index (χ0v) is 12.8. The van der Waals surface area contributed by atoms with Gasteiger partial charge in [-0.15, -0.1) is 0 Å². The van der Waals surface area contributed by atoms with E-state index in [1.54, 1.807) is 12.2 Å². The third-order valence-electron chi connectivity index (χ3n) is 2.19. The van der Waals surface area contributed by atoms with Gasteiger partial charge in [-0.25, -0.2) is 9.59 Å². The van der Waals surface area contributed by atoms with Crippen LogP contribution in [0.1, 0.15) is 34.1 Å². The highest BCUT2D eigenvalue weighted by molar-refractivity contribution is 5.67. The lowest BCUT2D eigenvalue weighted by Gasteiger charge is -2.07. The molecule has 0 aliphatic rings. The van der Waals surface area contributed by atoms with E-state index in [9.17, 15) is 9.59 Å². The molecule has 0 spiro atoms. The Kier molecular flexibility index (Phi) is 10.2. The Morgan fingerprint density at radius 2 is 1.55 bits per heavy atom. The molecule has 20 heavy (non-hydrogen) atoms. The Labute approximate surface area is 120 Å². The summed E-state index contributed by atoms with van der Waals surface area (Å²) in [5, 5.41) is 5.25. The minimum Gasteiger partial charge on any atom is -0.445 e. The van der Waals surface area contributed by atoms with E-state index in [2.05, 4.69) is 24.5 Å². The summed E-state index contributed by atoms with van der Waals surface area (Å²) < 4.78 is 9.76. The highest BCUT2D eigenvalue weighted by Gasteiger charge is 2.02. The Balaban J connectivity index is 3.51. The molecule has 0 atom stereocenters. The number of nitrogens with one attached hydrogen (secondary N) is 2. The summed E-state index contributed by atoms with van der Waals surface area (Å²) in [4.78, 5) is 22.3. The van der Waals surface area contributed by atoms with E-state index in [1.165, 1.54) is 0 Å². The second-order valence-electron chi connectivity index (χ2n) is 5.08. The van der Waals surface area contributed by atoms with Crippen molar-refractivity contribution in [2.45, 2.75) is 40.2 Å². The topological polar surface area (TPSA) is 76.7 Å². The van der Waals surface area contributed by atoms with Crippen LogP contribution in [0.3, 0.4) is 0 Å². The van der Waals surface area contributed by atoms with Crippen molar-refractivity contribution in [1.82, 2.24) is 10.6 Å². The van der Waals surface area contributed by atoms with Crippen LogP contribution in [0.4, 0.5) is 9.59 Å². The largest absolute Gasteiger partial charge is 0.445 e. The van der Waals surface area contributed by atoms with E-state index in [1.807, 2.05) is 13.8 Å². The number of hydrogen-bond donors (Lipinski definition) is 2. The average Bonchev–Trinajstić information content (AvgIpc) is 2.32. The van der Waals surface area contributed by atoms with E-state index >= 15 is 0 Å². The van der Waals surface area contributed by atoms with Gasteiger partial charge in [-0.3, -0.25) is 0 Å². The average molecular weight is 286 g/mol. The lowest BCUT2D eigenvalue weighted by molar-refractivity contribution is 0.152. The van der Waals surface area contributed by atoms with Gasteiger partial charge in [-0.1, -0.05) is 13.8 Å². The first-order valence-electron chi connectivity index (χ1n) is 6.90. The van der Waals surface area contributed by atoms with Gasteiger partial charge >= 0.3 is 12.2 Å². The Hall–Kier alpha value is -1.72. The first-order chi connectivity index (χ1) is 9.41. The highest BCUT2D eigenvalue weighted by Crippen LogP contribution is 1.96. The molecular formula is C14H26N2O4. The van der Waals surface area contributed by atoms with Gasteiger partial charge in [-0.2, -0.15) is 0 Å². The van der Waals surface area contributed by atoms with Crippen LogP contribution in [0.25, 0.3) is 0 Å². The maximum atomic E-state index is 11.2. The van der Waals surface area contributed by atoms with Gasteiger partial charge in [0, 0.05) is 12.6 Å². The lowest BCUT2D eigenvalue weighted by Crippen LogP contribution is -2.30. The molecule has 0 heterocycles. The minimum atomic E-state index is -0.461. The van der Waals surface area contributed by atoms with Crippen molar-refractivity contribution in [1.29, 1.82) is 0 Å². The Morgan fingerprint density at radius 3 is 2.05 bits per heavy atom. The first kappa shape index (κ1) is 18.3. The van der Waals surface area contributed by atoms with E-state index < -0.39 is 12.2 Å². The van der Waals surface area contributed by atoms with E-state index in [-0.39, 0.29) is 19.3 Å². The normalized spacial score (nSPS) is 10.9. The number of alkyl carbamates (subject to hydrolysis) is 2. The van der Waals surface area contributed by atoms with Crippen molar-refractivity contribution in [3.05, 3.63) is 12.2 Å². The molecule has 0 aliphatic carbocycles. The summed E-state index contributed by atoms with van der Waals surface area (Å²) >= 11 is 0. The summed E-state index contributed by atoms with van der Waals surface area (Å²) in [5.41, 5.74) is 0. The Bertz CT molecular complexity index is 314. The molecule has 0 saturated heterocycles. The molecule has 116 valence electrons. The molecule has 0 unspecified atom stereocenters. The van der Waals surface area contributed by atoms with Gasteiger partial charge in [-0.05, 0) is 38.3 Å².